The molecule has 1 heterocycles. The number of ketones is 1. The normalized spacial score (nSPS) is 21.3. The van der Waals surface area contributed by atoms with Crippen LogP contribution < -0.4 is 5.32 Å². The van der Waals surface area contributed by atoms with Gasteiger partial charge in [-0.1, -0.05) is 0 Å². The summed E-state index contributed by atoms with van der Waals surface area (Å²) >= 11 is 0. The number of benzene rings is 1. The molecule has 2 aliphatic rings. The van der Waals surface area contributed by atoms with Crippen molar-refractivity contribution in [1.29, 1.82) is 0 Å². The van der Waals surface area contributed by atoms with Crippen LogP contribution in [-0.4, -0.2) is 10.8 Å². The first-order valence-corrected chi connectivity index (χ1v) is 8.11. The Morgan fingerprint density at radius 3 is 2.70 bits per heavy atom. The molecule has 0 saturated heterocycles. The predicted octanol–water partition coefficient (Wildman–Crippen LogP) is 4.84. The molecule has 4 rings (SSSR count). The third-order valence-corrected chi connectivity index (χ3v) is 5.21. The fraction of sp³-hybridized carbons (Fsp3) is 0.368. The van der Waals surface area contributed by atoms with Gasteiger partial charge in [0, 0.05) is 23.0 Å². The molecule has 2 atom stereocenters. The summed E-state index contributed by atoms with van der Waals surface area (Å²) in [5.74, 6) is 1.69. The van der Waals surface area contributed by atoms with Gasteiger partial charge in [0.1, 0.15) is 11.6 Å². The molecule has 0 aliphatic heterocycles. The van der Waals surface area contributed by atoms with Crippen LogP contribution in [0.1, 0.15) is 65.1 Å². The highest BCUT2D eigenvalue weighted by molar-refractivity contribution is 5.96. The number of aromatic nitrogens is 1. The summed E-state index contributed by atoms with van der Waals surface area (Å²) in [7, 11) is 0. The molecule has 2 aliphatic carbocycles. The molecule has 4 heteroatoms. The first-order chi connectivity index (χ1) is 11.0. The minimum Gasteiger partial charge on any atom is -0.340 e. The Kier molecular flexibility index (Phi) is 3.22. The van der Waals surface area contributed by atoms with E-state index >= 15 is 0 Å². The maximum atomic E-state index is 13.4. The average molecular weight is 310 g/mol. The van der Waals surface area contributed by atoms with E-state index in [-0.39, 0.29) is 11.6 Å². The van der Waals surface area contributed by atoms with Crippen LogP contribution in [0.15, 0.2) is 24.4 Å². The van der Waals surface area contributed by atoms with Crippen molar-refractivity contribution in [1.82, 2.24) is 4.98 Å². The lowest BCUT2D eigenvalue weighted by Crippen LogP contribution is -2.10. The molecule has 118 valence electrons. The number of nitrogens with one attached hydrogen (secondary N) is 1. The summed E-state index contributed by atoms with van der Waals surface area (Å²) in [4.78, 5) is 16.4. The lowest BCUT2D eigenvalue weighted by molar-refractivity contribution is 0.101. The number of hydrogen-bond donors (Lipinski definition) is 1. The number of halogens is 1. The second kappa shape index (κ2) is 5.15. The van der Waals surface area contributed by atoms with Crippen LogP contribution >= 0.6 is 0 Å². The number of nitrogens with zero attached hydrogens (tertiary/aromatic N) is 1. The zero-order valence-electron chi connectivity index (χ0n) is 13.3. The number of Topliss-reactive ketones (excluding diaryl/α,β-unsaturated/α-hetero) is 1. The summed E-state index contributed by atoms with van der Waals surface area (Å²) < 4.78 is 13.4. The molecule has 1 N–H and O–H groups in total. The van der Waals surface area contributed by atoms with E-state index in [4.69, 9.17) is 0 Å². The van der Waals surface area contributed by atoms with E-state index in [1.807, 2.05) is 0 Å². The smallest absolute Gasteiger partial charge is 0.161 e. The SMILES string of the molecule is CC(=O)c1cnc(Nc2ccc(F)c(C)c2)c2c1C1CCC2C1. The highest BCUT2D eigenvalue weighted by Crippen LogP contribution is 2.56. The van der Waals surface area contributed by atoms with Crippen molar-refractivity contribution in [2.24, 2.45) is 0 Å². The molecule has 0 spiro atoms. The van der Waals surface area contributed by atoms with Crippen LogP contribution in [0.25, 0.3) is 0 Å². The quantitative estimate of drug-likeness (QED) is 0.825. The van der Waals surface area contributed by atoms with Gasteiger partial charge in [0.2, 0.25) is 0 Å². The van der Waals surface area contributed by atoms with Crippen molar-refractivity contribution >= 4 is 17.3 Å². The number of anilines is 2. The number of rotatable bonds is 3. The number of carbonyl (C=O) groups is 1. The summed E-state index contributed by atoms with van der Waals surface area (Å²) in [5, 5.41) is 3.33. The van der Waals surface area contributed by atoms with E-state index in [9.17, 15) is 9.18 Å². The fourth-order valence-corrected chi connectivity index (χ4v) is 4.14. The lowest BCUT2D eigenvalue weighted by atomic mass is 9.88. The minimum atomic E-state index is -0.209. The summed E-state index contributed by atoms with van der Waals surface area (Å²) in [5.41, 5.74) is 4.61. The maximum absolute atomic E-state index is 13.4. The Bertz CT molecular complexity index is 815. The van der Waals surface area contributed by atoms with Crippen LogP contribution in [0.2, 0.25) is 0 Å². The first kappa shape index (κ1) is 14.4. The zero-order chi connectivity index (χ0) is 16.1. The topological polar surface area (TPSA) is 42.0 Å². The Morgan fingerprint density at radius 1 is 1.26 bits per heavy atom. The van der Waals surface area contributed by atoms with Crippen LogP contribution in [0, 0.1) is 12.7 Å². The Balaban J connectivity index is 1.78. The van der Waals surface area contributed by atoms with Gasteiger partial charge in [-0.15, -0.1) is 0 Å². The lowest BCUT2D eigenvalue weighted by Gasteiger charge is -2.21. The third-order valence-electron chi connectivity index (χ3n) is 5.21. The monoisotopic (exact) mass is 310 g/mol. The predicted molar refractivity (Wildman–Crippen MR) is 88.0 cm³/mol. The molecule has 1 fully saturated rings. The number of pyridine rings is 1. The zero-order valence-corrected chi connectivity index (χ0v) is 13.3. The maximum Gasteiger partial charge on any atom is 0.161 e. The summed E-state index contributed by atoms with van der Waals surface area (Å²) in [6, 6.07) is 4.98. The molecule has 2 unspecified atom stereocenters. The molecule has 1 saturated carbocycles. The Labute approximate surface area is 134 Å². The van der Waals surface area contributed by atoms with Crippen molar-refractivity contribution in [2.75, 3.05) is 5.32 Å². The molecule has 23 heavy (non-hydrogen) atoms. The van der Waals surface area contributed by atoms with E-state index in [0.717, 1.165) is 36.3 Å². The average Bonchev–Trinajstić information content (AvgIpc) is 3.13. The van der Waals surface area contributed by atoms with Crippen molar-refractivity contribution in [3.63, 3.8) is 0 Å². The molecule has 2 aromatic rings. The van der Waals surface area contributed by atoms with Gasteiger partial charge in [0.25, 0.3) is 0 Å². The van der Waals surface area contributed by atoms with Crippen molar-refractivity contribution in [2.45, 2.75) is 44.9 Å². The van der Waals surface area contributed by atoms with Gasteiger partial charge in [-0.2, -0.15) is 0 Å². The largest absolute Gasteiger partial charge is 0.340 e. The van der Waals surface area contributed by atoms with Gasteiger partial charge in [0.05, 0.1) is 0 Å². The van der Waals surface area contributed by atoms with Gasteiger partial charge in [-0.05, 0) is 74.3 Å². The van der Waals surface area contributed by atoms with Gasteiger partial charge >= 0.3 is 0 Å². The Hall–Kier alpha value is -2.23. The van der Waals surface area contributed by atoms with Crippen LogP contribution in [0.4, 0.5) is 15.9 Å². The molecule has 0 radical (unpaired) electrons. The molecule has 0 amide bonds. The number of hydrogen-bond acceptors (Lipinski definition) is 3. The van der Waals surface area contributed by atoms with Crippen molar-refractivity contribution in [3.05, 3.63) is 52.5 Å². The van der Waals surface area contributed by atoms with E-state index < -0.39 is 0 Å². The Morgan fingerprint density at radius 2 is 2.00 bits per heavy atom. The highest BCUT2D eigenvalue weighted by Gasteiger charge is 2.41. The molecule has 1 aromatic heterocycles. The standard InChI is InChI=1S/C19H19FN2O/c1-10-7-14(5-6-16(10)20)22-19-18-13-4-3-12(8-13)17(18)15(9-21-19)11(2)23/h5-7,9,12-13H,3-4,8H2,1-2H3,(H,21,22). The number of aryl methyl sites for hydroxylation is 1. The molecule has 1 aromatic carbocycles. The number of carbonyl (C=O) groups excluding carboxylic acids is 1. The van der Waals surface area contributed by atoms with Crippen LogP contribution in [0.3, 0.4) is 0 Å². The third kappa shape index (κ3) is 2.24. The summed E-state index contributed by atoms with van der Waals surface area (Å²) in [6.07, 6.45) is 5.15. The van der Waals surface area contributed by atoms with Crippen molar-refractivity contribution < 1.29 is 9.18 Å². The first-order valence-electron chi connectivity index (χ1n) is 8.11. The fourth-order valence-electron chi connectivity index (χ4n) is 4.14. The van der Waals surface area contributed by atoms with Gasteiger partial charge in [-0.25, -0.2) is 9.37 Å². The van der Waals surface area contributed by atoms with E-state index in [2.05, 4.69) is 10.3 Å². The van der Waals surface area contributed by atoms with E-state index in [1.54, 1.807) is 32.2 Å². The van der Waals surface area contributed by atoms with Crippen LogP contribution in [-0.2, 0) is 0 Å². The van der Waals surface area contributed by atoms with Crippen LogP contribution in [0.5, 0.6) is 0 Å². The minimum absolute atomic E-state index is 0.0884. The second-order valence-corrected chi connectivity index (χ2v) is 6.70. The van der Waals surface area contributed by atoms with Crippen molar-refractivity contribution in [3.8, 4) is 0 Å². The number of fused-ring (bicyclic) bond motifs is 5. The second-order valence-electron chi connectivity index (χ2n) is 6.70. The van der Waals surface area contributed by atoms with Gasteiger partial charge in [0.15, 0.2) is 5.78 Å². The summed E-state index contributed by atoms with van der Waals surface area (Å²) in [6.45, 7) is 3.36. The van der Waals surface area contributed by atoms with Gasteiger partial charge < -0.3 is 5.32 Å². The molecular weight excluding hydrogens is 291 g/mol. The molecular formula is C19H19FN2O. The van der Waals surface area contributed by atoms with E-state index in [0.29, 0.717) is 17.4 Å². The molecule has 2 bridgehead atoms. The highest BCUT2D eigenvalue weighted by atomic mass is 19.1. The molecule has 3 nitrogen and oxygen atoms in total. The van der Waals surface area contributed by atoms with Gasteiger partial charge in [-0.3, -0.25) is 4.79 Å². The van der Waals surface area contributed by atoms with E-state index in [1.165, 1.54) is 17.2 Å².